The van der Waals surface area contributed by atoms with E-state index in [0.29, 0.717) is 0 Å². The summed E-state index contributed by atoms with van der Waals surface area (Å²) in [6, 6.07) is 8.66. The van der Waals surface area contributed by atoms with Gasteiger partial charge < -0.3 is 4.57 Å². The Hall–Kier alpha value is -3.06. The lowest BCUT2D eigenvalue weighted by Crippen LogP contribution is -1.98. The van der Waals surface area contributed by atoms with Crippen LogP contribution in [0.5, 0.6) is 0 Å². The molecule has 162 valence electrons. The molecule has 1 heterocycles. The quantitative estimate of drug-likeness (QED) is 0.272. The standard InChI is InChI=1S/C30H37N/c1-7-11-12-20-29-25(6)28-19-13-14-21-30(28)31(29)22-16-15-18-27(17-8-2)26(10-4)23-24(5)9-3/h7-9,11-17,19-21,23H,2,10,18,22H2,1,3-6H3/b11-7-,16-15-,20-12-,24-9-,26-23+,27-17+. The van der Waals surface area contributed by atoms with Crippen LogP contribution in [0.4, 0.5) is 0 Å². The second-order valence-electron chi connectivity index (χ2n) is 7.68. The van der Waals surface area contributed by atoms with Gasteiger partial charge in [-0.3, -0.25) is 0 Å². The zero-order chi connectivity index (χ0) is 22.6. The number of fused-ring (bicyclic) bond motifs is 1. The molecule has 0 fully saturated rings. The van der Waals surface area contributed by atoms with Crippen LogP contribution in [-0.2, 0) is 6.54 Å². The monoisotopic (exact) mass is 411 g/mol. The lowest BCUT2D eigenvalue weighted by molar-refractivity contribution is 0.846. The van der Waals surface area contributed by atoms with Crippen molar-refractivity contribution in [1.82, 2.24) is 4.57 Å². The van der Waals surface area contributed by atoms with E-state index in [1.54, 1.807) is 0 Å². The average molecular weight is 412 g/mol. The molecule has 0 unspecified atom stereocenters. The number of benzene rings is 1. The van der Waals surface area contributed by atoms with Crippen LogP contribution < -0.4 is 0 Å². The molecule has 1 nitrogen and oxygen atoms in total. The molecule has 0 aliphatic carbocycles. The smallest absolute Gasteiger partial charge is 0.0490 e. The number of rotatable bonds is 10. The highest BCUT2D eigenvalue weighted by atomic mass is 15.0. The van der Waals surface area contributed by atoms with Gasteiger partial charge in [0.15, 0.2) is 0 Å². The molecule has 0 saturated carbocycles. The number of allylic oxidation sites excluding steroid dienone is 12. The van der Waals surface area contributed by atoms with Crippen molar-refractivity contribution < 1.29 is 0 Å². The molecule has 0 aliphatic heterocycles. The van der Waals surface area contributed by atoms with Gasteiger partial charge in [-0.05, 0) is 69.4 Å². The molecule has 0 saturated heterocycles. The first-order valence-electron chi connectivity index (χ1n) is 11.2. The summed E-state index contributed by atoms with van der Waals surface area (Å²) >= 11 is 0. The molecule has 0 amide bonds. The zero-order valence-electron chi connectivity index (χ0n) is 19.9. The molecule has 0 spiro atoms. The SMILES string of the molecule is C=C/C=C(C/C=C\Cn1c(/C=C\C=C/C)c(C)c2ccccc21)/C(=C/C(C)=C\C)CC. The van der Waals surface area contributed by atoms with E-state index < -0.39 is 0 Å². The van der Waals surface area contributed by atoms with Gasteiger partial charge in [-0.2, -0.15) is 0 Å². The molecule has 0 aliphatic rings. The summed E-state index contributed by atoms with van der Waals surface area (Å²) in [6.07, 6.45) is 23.4. The van der Waals surface area contributed by atoms with E-state index in [1.165, 1.54) is 38.9 Å². The highest BCUT2D eigenvalue weighted by Crippen LogP contribution is 2.27. The van der Waals surface area contributed by atoms with Crippen molar-refractivity contribution in [3.05, 3.63) is 114 Å². The number of aromatic nitrogens is 1. The Bertz CT molecular complexity index is 1060. The first-order chi connectivity index (χ1) is 15.1. The van der Waals surface area contributed by atoms with Crippen molar-refractivity contribution in [2.45, 2.75) is 54.0 Å². The Morgan fingerprint density at radius 3 is 2.52 bits per heavy atom. The van der Waals surface area contributed by atoms with Crippen molar-refractivity contribution in [1.29, 1.82) is 0 Å². The van der Waals surface area contributed by atoms with Crippen molar-refractivity contribution in [2.24, 2.45) is 0 Å². The average Bonchev–Trinajstić information content (AvgIpc) is 3.05. The zero-order valence-corrected chi connectivity index (χ0v) is 19.9. The van der Waals surface area contributed by atoms with Crippen LogP contribution in [0.1, 0.15) is 51.8 Å². The maximum atomic E-state index is 3.92. The van der Waals surface area contributed by atoms with Gasteiger partial charge in [-0.1, -0.05) is 92.0 Å². The summed E-state index contributed by atoms with van der Waals surface area (Å²) in [5, 5.41) is 1.32. The van der Waals surface area contributed by atoms with Crippen molar-refractivity contribution in [3.63, 3.8) is 0 Å². The van der Waals surface area contributed by atoms with Gasteiger partial charge in [0, 0.05) is 23.1 Å². The van der Waals surface area contributed by atoms with Crippen molar-refractivity contribution in [2.75, 3.05) is 0 Å². The van der Waals surface area contributed by atoms with E-state index in [2.05, 4.69) is 118 Å². The Balaban J connectivity index is 2.31. The molecule has 0 radical (unpaired) electrons. The number of para-hydroxylation sites is 1. The van der Waals surface area contributed by atoms with Gasteiger partial charge in [-0.25, -0.2) is 0 Å². The van der Waals surface area contributed by atoms with E-state index in [4.69, 9.17) is 0 Å². The fraction of sp³-hybridized carbons (Fsp3) is 0.267. The van der Waals surface area contributed by atoms with Crippen LogP contribution >= 0.6 is 0 Å². The van der Waals surface area contributed by atoms with Gasteiger partial charge >= 0.3 is 0 Å². The highest BCUT2D eigenvalue weighted by molar-refractivity contribution is 5.88. The summed E-state index contributed by atoms with van der Waals surface area (Å²) in [6.45, 7) is 15.5. The molecule has 0 atom stereocenters. The maximum absolute atomic E-state index is 3.92. The predicted octanol–water partition coefficient (Wildman–Crippen LogP) is 8.90. The fourth-order valence-corrected chi connectivity index (χ4v) is 3.78. The fourth-order valence-electron chi connectivity index (χ4n) is 3.78. The lowest BCUT2D eigenvalue weighted by Gasteiger charge is -2.09. The third kappa shape index (κ3) is 6.46. The third-order valence-electron chi connectivity index (χ3n) is 5.59. The van der Waals surface area contributed by atoms with Gasteiger partial charge in [-0.15, -0.1) is 0 Å². The molecule has 0 N–H and O–H groups in total. The minimum atomic E-state index is 0.851. The molecule has 1 heteroatoms. The second-order valence-corrected chi connectivity index (χ2v) is 7.68. The minimum Gasteiger partial charge on any atom is -0.337 e. The largest absolute Gasteiger partial charge is 0.337 e. The molecule has 31 heavy (non-hydrogen) atoms. The second kappa shape index (κ2) is 12.6. The van der Waals surface area contributed by atoms with Gasteiger partial charge in [0.25, 0.3) is 0 Å². The summed E-state index contributed by atoms with van der Waals surface area (Å²) in [5.41, 5.74) is 7.87. The van der Waals surface area contributed by atoms with Gasteiger partial charge in [0.1, 0.15) is 0 Å². The van der Waals surface area contributed by atoms with E-state index in [1.807, 2.05) is 13.0 Å². The Morgan fingerprint density at radius 2 is 1.84 bits per heavy atom. The summed E-state index contributed by atoms with van der Waals surface area (Å²) < 4.78 is 2.40. The number of aryl methyl sites for hydroxylation is 1. The van der Waals surface area contributed by atoms with Crippen molar-refractivity contribution >= 4 is 17.0 Å². The van der Waals surface area contributed by atoms with Crippen LogP contribution in [0.3, 0.4) is 0 Å². The molecular formula is C30H37N. The number of hydrogen-bond acceptors (Lipinski definition) is 0. The molecule has 1 aromatic carbocycles. The van der Waals surface area contributed by atoms with E-state index in [9.17, 15) is 0 Å². The van der Waals surface area contributed by atoms with E-state index >= 15 is 0 Å². The summed E-state index contributed by atoms with van der Waals surface area (Å²) in [4.78, 5) is 0. The molecule has 0 bridgehead atoms. The number of hydrogen-bond donors (Lipinski definition) is 0. The summed E-state index contributed by atoms with van der Waals surface area (Å²) in [7, 11) is 0. The van der Waals surface area contributed by atoms with Crippen LogP contribution in [0, 0.1) is 6.92 Å². The van der Waals surface area contributed by atoms with Gasteiger partial charge in [0.05, 0.1) is 0 Å². The predicted molar refractivity (Wildman–Crippen MR) is 140 cm³/mol. The molecule has 1 aromatic heterocycles. The Kier molecular flexibility index (Phi) is 9.84. The van der Waals surface area contributed by atoms with E-state index in [-0.39, 0.29) is 0 Å². The first-order valence-corrected chi connectivity index (χ1v) is 11.2. The molecule has 2 rings (SSSR count). The van der Waals surface area contributed by atoms with Gasteiger partial charge in [0.2, 0.25) is 0 Å². The Labute approximate surface area is 189 Å². The highest BCUT2D eigenvalue weighted by Gasteiger charge is 2.10. The third-order valence-corrected chi connectivity index (χ3v) is 5.59. The van der Waals surface area contributed by atoms with Crippen LogP contribution in [-0.4, -0.2) is 4.57 Å². The lowest BCUT2D eigenvalue weighted by atomic mass is 9.97. The van der Waals surface area contributed by atoms with Crippen molar-refractivity contribution in [3.8, 4) is 0 Å². The topological polar surface area (TPSA) is 4.93 Å². The molecule has 2 aromatic rings. The Morgan fingerprint density at radius 1 is 1.06 bits per heavy atom. The van der Waals surface area contributed by atoms with Crippen LogP contribution in [0.15, 0.2) is 102 Å². The minimum absolute atomic E-state index is 0.851. The van der Waals surface area contributed by atoms with Crippen LogP contribution in [0.2, 0.25) is 0 Å². The van der Waals surface area contributed by atoms with Crippen LogP contribution in [0.25, 0.3) is 17.0 Å². The first kappa shape index (κ1) is 24.2. The maximum Gasteiger partial charge on any atom is 0.0490 e. The summed E-state index contributed by atoms with van der Waals surface area (Å²) in [5.74, 6) is 0. The normalized spacial score (nSPS) is 14.0. The van der Waals surface area contributed by atoms with E-state index in [0.717, 1.165) is 19.4 Å². The molecular weight excluding hydrogens is 374 g/mol. The number of nitrogens with zero attached hydrogens (tertiary/aromatic N) is 1.